The van der Waals surface area contributed by atoms with E-state index in [1.54, 1.807) is 6.92 Å². The van der Waals surface area contributed by atoms with E-state index in [2.05, 4.69) is 15.9 Å². The summed E-state index contributed by atoms with van der Waals surface area (Å²) in [5.41, 5.74) is 1.07. The normalized spacial score (nSPS) is 12.3. The number of halogens is 1. The van der Waals surface area contributed by atoms with Crippen LogP contribution in [0, 0.1) is 0 Å². The van der Waals surface area contributed by atoms with Crippen molar-refractivity contribution in [2.24, 2.45) is 0 Å². The van der Waals surface area contributed by atoms with Gasteiger partial charge in [0.15, 0.2) is 0 Å². The van der Waals surface area contributed by atoms with E-state index < -0.39 is 0 Å². The third kappa shape index (κ3) is 5.08. The highest BCUT2D eigenvalue weighted by Gasteiger charge is 2.16. The molecule has 0 aliphatic heterocycles. The minimum absolute atomic E-state index is 0.166. The molecule has 0 amide bonds. The molecule has 0 saturated carbocycles. The number of carbonyl (C=O) groups excluding carboxylic acids is 1. The smallest absolute Gasteiger partial charge is 0.320 e. The molecule has 0 bridgehead atoms. The second-order valence-corrected chi connectivity index (χ2v) is 5.34. The van der Waals surface area contributed by atoms with Crippen LogP contribution in [0.4, 0.5) is 0 Å². The molecular weight excluding hydrogens is 296 g/mol. The minimum atomic E-state index is -0.297. The second kappa shape index (κ2) is 7.41. The standard InChI is InChI=1S/C14H19BrO3/c1-4-17-14(16)13(15)9-11-5-7-12(8-6-11)18-10(2)3/h5-8,10,13H,4,9H2,1-3H3. The molecule has 0 heterocycles. The van der Waals surface area contributed by atoms with Gasteiger partial charge in [0.1, 0.15) is 10.6 Å². The van der Waals surface area contributed by atoms with Gasteiger partial charge >= 0.3 is 5.97 Å². The summed E-state index contributed by atoms with van der Waals surface area (Å²) in [4.78, 5) is 11.2. The van der Waals surface area contributed by atoms with Crippen molar-refractivity contribution >= 4 is 21.9 Å². The molecular formula is C14H19BrO3. The van der Waals surface area contributed by atoms with Gasteiger partial charge in [0.05, 0.1) is 12.7 Å². The van der Waals surface area contributed by atoms with Gasteiger partial charge in [-0.15, -0.1) is 0 Å². The van der Waals surface area contributed by atoms with Gasteiger partial charge in [-0.3, -0.25) is 4.79 Å². The third-order valence-corrected chi connectivity index (χ3v) is 2.95. The Bertz CT molecular complexity index is 373. The summed E-state index contributed by atoms with van der Waals surface area (Å²) < 4.78 is 10.5. The van der Waals surface area contributed by atoms with Gasteiger partial charge in [-0.2, -0.15) is 0 Å². The molecule has 1 aromatic carbocycles. The molecule has 0 radical (unpaired) electrons. The zero-order chi connectivity index (χ0) is 13.5. The average Bonchev–Trinajstić information content (AvgIpc) is 2.31. The Hall–Kier alpha value is -1.03. The molecule has 18 heavy (non-hydrogen) atoms. The van der Waals surface area contributed by atoms with Crippen molar-refractivity contribution in [1.29, 1.82) is 0 Å². The van der Waals surface area contributed by atoms with Gasteiger partial charge in [-0.05, 0) is 44.9 Å². The predicted molar refractivity (Wildman–Crippen MR) is 75.3 cm³/mol. The SMILES string of the molecule is CCOC(=O)C(Br)Cc1ccc(OC(C)C)cc1. The van der Waals surface area contributed by atoms with Crippen molar-refractivity contribution in [3.63, 3.8) is 0 Å². The highest BCUT2D eigenvalue weighted by molar-refractivity contribution is 9.10. The average molecular weight is 315 g/mol. The Kier molecular flexibility index (Phi) is 6.19. The lowest BCUT2D eigenvalue weighted by atomic mass is 10.1. The molecule has 0 aromatic heterocycles. The number of rotatable bonds is 6. The number of hydrogen-bond acceptors (Lipinski definition) is 3. The highest BCUT2D eigenvalue weighted by atomic mass is 79.9. The Morgan fingerprint density at radius 3 is 2.39 bits per heavy atom. The number of benzene rings is 1. The fourth-order valence-electron chi connectivity index (χ4n) is 1.50. The van der Waals surface area contributed by atoms with E-state index in [4.69, 9.17) is 9.47 Å². The van der Waals surface area contributed by atoms with Gasteiger partial charge in [0.25, 0.3) is 0 Å². The van der Waals surface area contributed by atoms with Gasteiger partial charge in [-0.1, -0.05) is 28.1 Å². The summed E-state index contributed by atoms with van der Waals surface area (Å²) in [6.45, 7) is 6.18. The largest absolute Gasteiger partial charge is 0.491 e. The maximum absolute atomic E-state index is 11.5. The van der Waals surface area contributed by atoms with E-state index in [9.17, 15) is 4.79 Å². The van der Waals surface area contributed by atoms with E-state index >= 15 is 0 Å². The minimum Gasteiger partial charge on any atom is -0.491 e. The number of hydrogen-bond donors (Lipinski definition) is 0. The third-order valence-electron chi connectivity index (χ3n) is 2.25. The summed E-state index contributed by atoms with van der Waals surface area (Å²) in [5, 5.41) is 0. The van der Waals surface area contributed by atoms with Crippen LogP contribution in [0.2, 0.25) is 0 Å². The Morgan fingerprint density at radius 2 is 1.89 bits per heavy atom. The van der Waals surface area contributed by atoms with Crippen LogP contribution in [-0.4, -0.2) is 23.5 Å². The quantitative estimate of drug-likeness (QED) is 0.596. The predicted octanol–water partition coefficient (Wildman–Crippen LogP) is 3.34. The molecule has 0 aliphatic rings. The first kappa shape index (κ1) is 15.0. The summed E-state index contributed by atoms with van der Waals surface area (Å²) in [7, 11) is 0. The Labute approximate surface area is 117 Å². The molecule has 0 saturated heterocycles. The fraction of sp³-hybridized carbons (Fsp3) is 0.500. The molecule has 1 rings (SSSR count). The molecule has 1 unspecified atom stereocenters. The van der Waals surface area contributed by atoms with Crippen LogP contribution in [0.3, 0.4) is 0 Å². The molecule has 0 aliphatic carbocycles. The Balaban J connectivity index is 2.55. The van der Waals surface area contributed by atoms with Crippen LogP contribution >= 0.6 is 15.9 Å². The highest BCUT2D eigenvalue weighted by Crippen LogP contribution is 2.17. The van der Waals surface area contributed by atoms with E-state index in [-0.39, 0.29) is 16.9 Å². The van der Waals surface area contributed by atoms with E-state index in [1.807, 2.05) is 38.1 Å². The lowest BCUT2D eigenvalue weighted by Crippen LogP contribution is -2.19. The van der Waals surface area contributed by atoms with E-state index in [0.29, 0.717) is 13.0 Å². The van der Waals surface area contributed by atoms with Crippen LogP contribution in [0.15, 0.2) is 24.3 Å². The number of carbonyl (C=O) groups is 1. The molecule has 4 heteroatoms. The van der Waals surface area contributed by atoms with Crippen molar-refractivity contribution in [1.82, 2.24) is 0 Å². The fourth-order valence-corrected chi connectivity index (χ4v) is 2.01. The Morgan fingerprint density at radius 1 is 1.28 bits per heavy atom. The van der Waals surface area contributed by atoms with E-state index in [0.717, 1.165) is 11.3 Å². The first-order chi connectivity index (χ1) is 8.52. The van der Waals surface area contributed by atoms with Crippen molar-refractivity contribution in [3.05, 3.63) is 29.8 Å². The maximum atomic E-state index is 11.5. The summed E-state index contributed by atoms with van der Waals surface area (Å²) >= 11 is 3.33. The first-order valence-corrected chi connectivity index (χ1v) is 7.00. The van der Waals surface area contributed by atoms with Crippen LogP contribution in [-0.2, 0) is 16.0 Å². The van der Waals surface area contributed by atoms with Crippen LogP contribution in [0.25, 0.3) is 0 Å². The van der Waals surface area contributed by atoms with Crippen molar-refractivity contribution in [2.45, 2.75) is 38.1 Å². The van der Waals surface area contributed by atoms with Crippen molar-refractivity contribution in [3.8, 4) is 5.75 Å². The molecule has 0 spiro atoms. The number of ether oxygens (including phenoxy) is 2. The summed E-state index contributed by atoms with van der Waals surface area (Å²) in [5.74, 6) is 0.621. The summed E-state index contributed by atoms with van der Waals surface area (Å²) in [6.07, 6.45) is 0.778. The second-order valence-electron chi connectivity index (χ2n) is 4.23. The zero-order valence-electron chi connectivity index (χ0n) is 11.0. The lowest BCUT2D eigenvalue weighted by Gasteiger charge is -2.11. The van der Waals surface area contributed by atoms with E-state index in [1.165, 1.54) is 0 Å². The van der Waals surface area contributed by atoms with Gasteiger partial charge in [-0.25, -0.2) is 0 Å². The molecule has 1 atom stereocenters. The number of esters is 1. The van der Waals surface area contributed by atoms with Gasteiger partial charge in [0, 0.05) is 0 Å². The monoisotopic (exact) mass is 314 g/mol. The van der Waals surface area contributed by atoms with Crippen molar-refractivity contribution in [2.75, 3.05) is 6.61 Å². The number of alkyl halides is 1. The van der Waals surface area contributed by atoms with Gasteiger partial charge < -0.3 is 9.47 Å². The molecule has 0 N–H and O–H groups in total. The van der Waals surface area contributed by atoms with Crippen LogP contribution < -0.4 is 4.74 Å². The van der Waals surface area contributed by atoms with Crippen molar-refractivity contribution < 1.29 is 14.3 Å². The summed E-state index contributed by atoms with van der Waals surface area (Å²) in [6, 6.07) is 7.76. The topological polar surface area (TPSA) is 35.5 Å². The van der Waals surface area contributed by atoms with Crippen LogP contribution in [0.1, 0.15) is 26.3 Å². The first-order valence-electron chi connectivity index (χ1n) is 6.09. The lowest BCUT2D eigenvalue weighted by molar-refractivity contribution is -0.142. The van der Waals surface area contributed by atoms with Crippen LogP contribution in [0.5, 0.6) is 5.75 Å². The van der Waals surface area contributed by atoms with Gasteiger partial charge in [0.2, 0.25) is 0 Å². The zero-order valence-corrected chi connectivity index (χ0v) is 12.6. The molecule has 1 aromatic rings. The maximum Gasteiger partial charge on any atom is 0.320 e. The molecule has 0 fully saturated rings. The molecule has 100 valence electrons. The molecule has 3 nitrogen and oxygen atoms in total.